The van der Waals surface area contributed by atoms with E-state index < -0.39 is 33.3 Å². The van der Waals surface area contributed by atoms with Gasteiger partial charge in [0.15, 0.2) is 6.61 Å². The number of hydrogen-bond donors (Lipinski definition) is 0. The molecule has 0 saturated carbocycles. The molecule has 0 fully saturated rings. The van der Waals surface area contributed by atoms with Crippen LogP contribution in [0.25, 0.3) is 16.3 Å². The zero-order valence-corrected chi connectivity index (χ0v) is 16.5. The molecule has 0 amide bonds. The fourth-order valence-corrected chi connectivity index (χ4v) is 3.91. The molecule has 2 heterocycles. The molecule has 2 aromatic heterocycles. The highest BCUT2D eigenvalue weighted by Gasteiger charge is 2.28. The number of benzene rings is 1. The zero-order chi connectivity index (χ0) is 21.2. The summed E-state index contributed by atoms with van der Waals surface area (Å²) < 4.78 is 67.5. The molecule has 0 bridgehead atoms. The van der Waals surface area contributed by atoms with Gasteiger partial charge in [-0.1, -0.05) is 6.92 Å². The normalized spacial score (nSPS) is 12.1. The molecule has 7 nitrogen and oxygen atoms in total. The van der Waals surface area contributed by atoms with Gasteiger partial charge in [-0.15, -0.1) is 11.3 Å². The van der Waals surface area contributed by atoms with Crippen LogP contribution >= 0.6 is 11.3 Å². The van der Waals surface area contributed by atoms with Gasteiger partial charge in [-0.25, -0.2) is 13.4 Å². The molecule has 1 aromatic carbocycles. The lowest BCUT2D eigenvalue weighted by Crippen LogP contribution is -2.26. The Morgan fingerprint density at radius 3 is 2.45 bits per heavy atom. The van der Waals surface area contributed by atoms with E-state index in [4.69, 9.17) is 0 Å². The number of thiazole rings is 1. The van der Waals surface area contributed by atoms with Crippen molar-refractivity contribution in [1.29, 1.82) is 0 Å². The summed E-state index contributed by atoms with van der Waals surface area (Å²) in [6, 6.07) is 6.18. The first-order chi connectivity index (χ1) is 13.6. The highest BCUT2D eigenvalue weighted by atomic mass is 32.2. The van der Waals surface area contributed by atoms with E-state index in [1.54, 1.807) is 0 Å². The van der Waals surface area contributed by atoms with E-state index in [1.807, 2.05) is 0 Å². The van der Waals surface area contributed by atoms with Crippen molar-refractivity contribution in [1.82, 2.24) is 14.5 Å². The van der Waals surface area contributed by atoms with Gasteiger partial charge in [0, 0.05) is 12.3 Å². The number of hydrogen-bond acceptors (Lipinski definition) is 7. The van der Waals surface area contributed by atoms with Crippen LogP contribution in [0.15, 0.2) is 52.0 Å². The van der Waals surface area contributed by atoms with Crippen LogP contribution in [-0.2, 0) is 9.84 Å². The van der Waals surface area contributed by atoms with Gasteiger partial charge in [0.1, 0.15) is 5.75 Å². The van der Waals surface area contributed by atoms with Gasteiger partial charge >= 0.3 is 6.18 Å². The van der Waals surface area contributed by atoms with Crippen LogP contribution in [0.4, 0.5) is 13.2 Å². The lowest BCUT2D eigenvalue weighted by molar-refractivity contribution is -0.153. The van der Waals surface area contributed by atoms with Crippen LogP contribution in [0.1, 0.15) is 6.92 Å². The zero-order valence-electron chi connectivity index (χ0n) is 14.9. The third kappa shape index (κ3) is 4.82. The van der Waals surface area contributed by atoms with Crippen molar-refractivity contribution in [3.8, 4) is 22.0 Å². The van der Waals surface area contributed by atoms with E-state index in [-0.39, 0.29) is 22.9 Å². The quantitative estimate of drug-likeness (QED) is 0.542. The minimum atomic E-state index is -4.49. The van der Waals surface area contributed by atoms with Crippen molar-refractivity contribution < 1.29 is 26.3 Å². The molecule has 0 N–H and O–H groups in total. The van der Waals surface area contributed by atoms with Gasteiger partial charge < -0.3 is 4.74 Å². The maximum absolute atomic E-state index is 12.7. The van der Waals surface area contributed by atoms with Gasteiger partial charge in [-0.05, 0) is 24.3 Å². The lowest BCUT2D eigenvalue weighted by Gasteiger charge is -2.14. The summed E-state index contributed by atoms with van der Waals surface area (Å²) in [7, 11) is -3.90. The van der Waals surface area contributed by atoms with E-state index in [9.17, 15) is 26.4 Å². The van der Waals surface area contributed by atoms with Gasteiger partial charge in [0.25, 0.3) is 5.56 Å². The smallest absolute Gasteiger partial charge is 0.422 e. The Morgan fingerprint density at radius 2 is 1.90 bits per heavy atom. The second kappa shape index (κ2) is 7.95. The summed E-state index contributed by atoms with van der Waals surface area (Å²) in [5, 5.41) is -0.458. The molecule has 0 aliphatic heterocycles. The average molecular weight is 445 g/mol. The maximum atomic E-state index is 12.7. The van der Waals surface area contributed by atoms with Crippen molar-refractivity contribution in [3.63, 3.8) is 0 Å². The molecule has 0 atom stereocenters. The van der Waals surface area contributed by atoms with Gasteiger partial charge in [0.05, 0.1) is 27.5 Å². The number of sulfone groups is 1. The Balaban J connectivity index is 2.08. The summed E-state index contributed by atoms with van der Waals surface area (Å²) in [5.41, 5.74) is 1.17. The van der Waals surface area contributed by atoms with Crippen molar-refractivity contribution in [2.24, 2.45) is 0 Å². The van der Waals surface area contributed by atoms with Crippen molar-refractivity contribution in [2.75, 3.05) is 12.4 Å². The minimum absolute atomic E-state index is 0.0757. The largest absolute Gasteiger partial charge is 0.484 e. The Labute approximate surface area is 167 Å². The summed E-state index contributed by atoms with van der Waals surface area (Å²) >= 11 is 1.20. The van der Waals surface area contributed by atoms with Crippen LogP contribution in [0.5, 0.6) is 5.75 Å². The molecule has 0 unspecified atom stereocenters. The monoisotopic (exact) mass is 445 g/mol. The standard InChI is InChI=1S/C17H14F3N3O4S2/c1-2-29(25,26)16-22-13(14-8-21-10-28-14)7-15(24)23(16)11-3-5-12(6-4-11)27-9-17(18,19)20/h3-8,10H,2,9H2,1H3. The number of nitrogens with zero attached hydrogens (tertiary/aromatic N) is 3. The number of halogens is 3. The average Bonchev–Trinajstić information content (AvgIpc) is 3.20. The summed E-state index contributed by atoms with van der Waals surface area (Å²) in [5.74, 6) is -0.369. The van der Waals surface area contributed by atoms with E-state index in [2.05, 4.69) is 14.7 Å². The van der Waals surface area contributed by atoms with E-state index in [0.29, 0.717) is 4.88 Å². The second-order valence-electron chi connectivity index (χ2n) is 5.76. The Hall–Kier alpha value is -2.73. The van der Waals surface area contributed by atoms with Crippen LogP contribution < -0.4 is 10.3 Å². The summed E-state index contributed by atoms with van der Waals surface area (Å²) in [6.07, 6.45) is -3.03. The molecule has 12 heteroatoms. The first-order valence-corrected chi connectivity index (χ1v) is 10.7. The number of alkyl halides is 3. The summed E-state index contributed by atoms with van der Waals surface area (Å²) in [6.45, 7) is -0.0495. The molecule has 0 aliphatic rings. The van der Waals surface area contributed by atoms with E-state index >= 15 is 0 Å². The molecule has 0 spiro atoms. The van der Waals surface area contributed by atoms with E-state index in [0.717, 1.165) is 4.57 Å². The molecule has 0 radical (unpaired) electrons. The topological polar surface area (TPSA) is 91.2 Å². The highest BCUT2D eigenvalue weighted by Crippen LogP contribution is 2.24. The number of ether oxygens (including phenoxy) is 1. The van der Waals surface area contributed by atoms with Crippen LogP contribution in [-0.4, -0.2) is 41.5 Å². The maximum Gasteiger partial charge on any atom is 0.422 e. The molecule has 154 valence electrons. The third-order valence-corrected chi connectivity index (χ3v) is 6.11. The highest BCUT2D eigenvalue weighted by molar-refractivity contribution is 7.91. The first-order valence-electron chi connectivity index (χ1n) is 8.16. The van der Waals surface area contributed by atoms with Crippen molar-refractivity contribution >= 4 is 21.2 Å². The second-order valence-corrected chi connectivity index (χ2v) is 8.82. The third-order valence-electron chi connectivity index (χ3n) is 3.73. The minimum Gasteiger partial charge on any atom is -0.484 e. The van der Waals surface area contributed by atoms with Crippen molar-refractivity contribution in [3.05, 3.63) is 52.4 Å². The van der Waals surface area contributed by atoms with Crippen molar-refractivity contribution in [2.45, 2.75) is 18.3 Å². The van der Waals surface area contributed by atoms with Crippen LogP contribution in [0, 0.1) is 0 Å². The molecular weight excluding hydrogens is 431 g/mol. The fraction of sp³-hybridized carbons (Fsp3) is 0.235. The van der Waals surface area contributed by atoms with Crippen LogP contribution in [0.2, 0.25) is 0 Å². The fourth-order valence-electron chi connectivity index (χ4n) is 2.36. The Bertz CT molecular complexity index is 1160. The lowest BCUT2D eigenvalue weighted by atomic mass is 10.3. The Kier molecular flexibility index (Phi) is 5.75. The summed E-state index contributed by atoms with van der Waals surface area (Å²) in [4.78, 5) is 21.3. The molecule has 3 rings (SSSR count). The SMILES string of the molecule is CCS(=O)(=O)c1nc(-c2cncs2)cc(=O)n1-c1ccc(OCC(F)(F)F)cc1. The predicted molar refractivity (Wildman–Crippen MR) is 100 cm³/mol. The van der Waals surface area contributed by atoms with E-state index in [1.165, 1.54) is 60.3 Å². The molecular formula is C17H14F3N3O4S2. The Morgan fingerprint density at radius 1 is 1.21 bits per heavy atom. The molecule has 29 heavy (non-hydrogen) atoms. The molecule has 3 aromatic rings. The molecule has 0 saturated heterocycles. The predicted octanol–water partition coefficient (Wildman–Crippen LogP) is 3.09. The van der Waals surface area contributed by atoms with Gasteiger partial charge in [-0.3, -0.25) is 14.3 Å². The molecule has 0 aliphatic carbocycles. The number of rotatable bonds is 6. The number of aromatic nitrogens is 3. The van der Waals surface area contributed by atoms with Gasteiger partial charge in [0.2, 0.25) is 15.0 Å². The van der Waals surface area contributed by atoms with Crippen LogP contribution in [0.3, 0.4) is 0 Å². The van der Waals surface area contributed by atoms with Gasteiger partial charge in [-0.2, -0.15) is 13.2 Å². The first kappa shape index (κ1) is 21.0.